The number of benzene rings is 1. The van der Waals surface area contributed by atoms with Crippen LogP contribution < -0.4 is 15.1 Å². The number of aromatic hydroxyl groups is 1. The standard InChI is InChI=1S/C19H24O7/c1-2-3-11-25-18-16(22)13-8-7-9-14(17(13)26-19(18)23)24-12-6-4-5-10-15(20)21/h7-9,22H,2-6,10-12H2,1H3,(H,20,21). The van der Waals surface area contributed by atoms with Crippen molar-refractivity contribution in [3.8, 4) is 17.2 Å². The number of ether oxygens (including phenoxy) is 2. The van der Waals surface area contributed by atoms with E-state index in [1.165, 1.54) is 0 Å². The van der Waals surface area contributed by atoms with Gasteiger partial charge in [0.2, 0.25) is 5.75 Å². The predicted octanol–water partition coefficient (Wildman–Crippen LogP) is 3.70. The zero-order valence-electron chi connectivity index (χ0n) is 14.8. The van der Waals surface area contributed by atoms with Crippen molar-refractivity contribution in [2.75, 3.05) is 13.2 Å². The van der Waals surface area contributed by atoms with Gasteiger partial charge in [-0.2, -0.15) is 0 Å². The third-order valence-corrected chi connectivity index (χ3v) is 3.87. The molecule has 0 bridgehead atoms. The van der Waals surface area contributed by atoms with E-state index in [9.17, 15) is 14.7 Å². The smallest absolute Gasteiger partial charge is 0.383 e. The van der Waals surface area contributed by atoms with E-state index in [-0.39, 0.29) is 23.5 Å². The summed E-state index contributed by atoms with van der Waals surface area (Å²) >= 11 is 0. The SMILES string of the molecule is CCCCOc1c(O)c2cccc(OCCCCCC(=O)O)c2oc1=O. The van der Waals surface area contributed by atoms with Crippen molar-refractivity contribution >= 4 is 16.9 Å². The molecule has 0 aliphatic carbocycles. The fourth-order valence-electron chi connectivity index (χ4n) is 2.46. The van der Waals surface area contributed by atoms with Crippen LogP contribution in [0.1, 0.15) is 45.4 Å². The molecule has 2 rings (SSSR count). The molecule has 0 aliphatic heterocycles. The largest absolute Gasteiger partial charge is 0.504 e. The van der Waals surface area contributed by atoms with Gasteiger partial charge in [-0.05, 0) is 37.8 Å². The molecule has 26 heavy (non-hydrogen) atoms. The molecule has 7 nitrogen and oxygen atoms in total. The monoisotopic (exact) mass is 364 g/mol. The molecule has 0 fully saturated rings. The second kappa shape index (κ2) is 9.70. The number of hydrogen-bond acceptors (Lipinski definition) is 6. The van der Waals surface area contributed by atoms with Crippen molar-refractivity contribution in [3.05, 3.63) is 28.6 Å². The normalized spacial score (nSPS) is 10.8. The first kappa shape index (κ1) is 19.6. The minimum absolute atomic E-state index is 0.137. The summed E-state index contributed by atoms with van der Waals surface area (Å²) in [6.07, 6.45) is 3.80. The number of fused-ring (bicyclic) bond motifs is 1. The molecule has 0 radical (unpaired) electrons. The van der Waals surface area contributed by atoms with Gasteiger partial charge < -0.3 is 24.1 Å². The van der Waals surface area contributed by atoms with Crippen molar-refractivity contribution in [1.29, 1.82) is 0 Å². The van der Waals surface area contributed by atoms with Gasteiger partial charge in [-0.1, -0.05) is 19.4 Å². The van der Waals surface area contributed by atoms with Crippen LogP contribution in [0.2, 0.25) is 0 Å². The molecule has 7 heteroatoms. The first-order valence-electron chi connectivity index (χ1n) is 8.80. The molecular formula is C19H24O7. The lowest BCUT2D eigenvalue weighted by atomic mass is 10.2. The Kier molecular flexibility index (Phi) is 7.32. The maximum absolute atomic E-state index is 12.1. The van der Waals surface area contributed by atoms with Crippen LogP contribution in [0.5, 0.6) is 17.2 Å². The van der Waals surface area contributed by atoms with Crippen LogP contribution in [-0.2, 0) is 4.79 Å². The summed E-state index contributed by atoms with van der Waals surface area (Å²) in [4.78, 5) is 22.6. The third kappa shape index (κ3) is 5.15. The van der Waals surface area contributed by atoms with Gasteiger partial charge in [-0.3, -0.25) is 4.79 Å². The zero-order valence-corrected chi connectivity index (χ0v) is 14.8. The lowest BCUT2D eigenvalue weighted by Gasteiger charge is -2.11. The van der Waals surface area contributed by atoms with E-state index in [2.05, 4.69) is 0 Å². The van der Waals surface area contributed by atoms with Crippen LogP contribution in [0.25, 0.3) is 11.0 Å². The van der Waals surface area contributed by atoms with Gasteiger partial charge in [0.15, 0.2) is 17.1 Å². The van der Waals surface area contributed by atoms with Crippen LogP contribution in [0.15, 0.2) is 27.4 Å². The molecule has 0 atom stereocenters. The lowest BCUT2D eigenvalue weighted by Crippen LogP contribution is -2.09. The maximum atomic E-state index is 12.1. The highest BCUT2D eigenvalue weighted by atomic mass is 16.5. The van der Waals surface area contributed by atoms with Crippen LogP contribution in [0.4, 0.5) is 0 Å². The number of carboxylic acids is 1. The lowest BCUT2D eigenvalue weighted by molar-refractivity contribution is -0.137. The van der Waals surface area contributed by atoms with Gasteiger partial charge in [-0.25, -0.2) is 4.79 Å². The molecule has 0 spiro atoms. The molecule has 0 unspecified atom stereocenters. The van der Waals surface area contributed by atoms with Gasteiger partial charge in [0.25, 0.3) is 0 Å². The molecule has 1 heterocycles. The number of aliphatic carboxylic acids is 1. The van der Waals surface area contributed by atoms with Crippen molar-refractivity contribution in [1.82, 2.24) is 0 Å². The number of carbonyl (C=O) groups is 1. The molecule has 1 aromatic heterocycles. The predicted molar refractivity (Wildman–Crippen MR) is 96.2 cm³/mol. The fraction of sp³-hybridized carbons (Fsp3) is 0.474. The van der Waals surface area contributed by atoms with Gasteiger partial charge in [0.1, 0.15) is 0 Å². The minimum Gasteiger partial charge on any atom is -0.504 e. The zero-order chi connectivity index (χ0) is 18.9. The summed E-state index contributed by atoms with van der Waals surface area (Å²) in [5.74, 6) is -0.890. The summed E-state index contributed by atoms with van der Waals surface area (Å²) in [5.41, 5.74) is -0.577. The first-order valence-corrected chi connectivity index (χ1v) is 8.80. The Morgan fingerprint density at radius 2 is 1.88 bits per heavy atom. The number of para-hydroxylation sites is 1. The van der Waals surface area contributed by atoms with Crippen molar-refractivity contribution in [2.45, 2.75) is 45.4 Å². The van der Waals surface area contributed by atoms with Crippen molar-refractivity contribution in [3.63, 3.8) is 0 Å². The van der Waals surface area contributed by atoms with Gasteiger partial charge in [0.05, 0.1) is 18.6 Å². The van der Waals surface area contributed by atoms with E-state index in [1.54, 1.807) is 18.2 Å². The third-order valence-electron chi connectivity index (χ3n) is 3.87. The molecule has 2 N–H and O–H groups in total. The molecule has 0 aliphatic rings. The maximum Gasteiger partial charge on any atom is 0.383 e. The molecule has 1 aromatic carbocycles. The number of hydrogen-bond donors (Lipinski definition) is 2. The number of unbranched alkanes of at least 4 members (excludes halogenated alkanes) is 3. The Bertz CT molecular complexity index is 794. The van der Waals surface area contributed by atoms with E-state index in [1.807, 2.05) is 6.92 Å². The molecule has 0 saturated carbocycles. The molecule has 2 aromatic rings. The highest BCUT2D eigenvalue weighted by Gasteiger charge is 2.18. The average molecular weight is 364 g/mol. The average Bonchev–Trinajstić information content (AvgIpc) is 2.61. The second-order valence-electron chi connectivity index (χ2n) is 5.95. The summed E-state index contributed by atoms with van der Waals surface area (Å²) in [5, 5.41) is 19.3. The van der Waals surface area contributed by atoms with Crippen molar-refractivity contribution in [2.24, 2.45) is 0 Å². The van der Waals surface area contributed by atoms with Crippen molar-refractivity contribution < 1.29 is 28.9 Å². The van der Waals surface area contributed by atoms with E-state index >= 15 is 0 Å². The number of carboxylic acid groups (broad SMARTS) is 1. The Hall–Kier alpha value is -2.70. The van der Waals surface area contributed by atoms with E-state index in [0.717, 1.165) is 19.3 Å². The Labute approximate surface area is 151 Å². The molecular weight excluding hydrogens is 340 g/mol. The van der Waals surface area contributed by atoms with Crippen LogP contribution >= 0.6 is 0 Å². The Balaban J connectivity index is 2.09. The van der Waals surface area contributed by atoms with Gasteiger partial charge in [0, 0.05) is 6.42 Å². The Morgan fingerprint density at radius 3 is 2.62 bits per heavy atom. The van der Waals surface area contributed by atoms with E-state index in [0.29, 0.717) is 37.2 Å². The summed E-state index contributed by atoms with van der Waals surface area (Å²) < 4.78 is 16.3. The molecule has 142 valence electrons. The summed E-state index contributed by atoms with van der Waals surface area (Å²) in [7, 11) is 0. The molecule has 0 saturated heterocycles. The summed E-state index contributed by atoms with van der Waals surface area (Å²) in [6, 6.07) is 4.97. The molecule has 0 amide bonds. The van der Waals surface area contributed by atoms with Crippen LogP contribution in [-0.4, -0.2) is 29.4 Å². The first-order chi connectivity index (χ1) is 12.5. The highest BCUT2D eigenvalue weighted by Crippen LogP contribution is 2.35. The summed E-state index contributed by atoms with van der Waals surface area (Å²) in [6.45, 7) is 2.68. The highest BCUT2D eigenvalue weighted by molar-refractivity contribution is 5.89. The van der Waals surface area contributed by atoms with Gasteiger partial charge >= 0.3 is 11.6 Å². The quantitative estimate of drug-likeness (QED) is 0.462. The number of rotatable bonds is 11. The Morgan fingerprint density at radius 1 is 1.12 bits per heavy atom. The fourth-order valence-corrected chi connectivity index (χ4v) is 2.46. The second-order valence-corrected chi connectivity index (χ2v) is 5.95. The van der Waals surface area contributed by atoms with Gasteiger partial charge in [-0.15, -0.1) is 0 Å². The minimum atomic E-state index is -0.811. The van der Waals surface area contributed by atoms with Crippen LogP contribution in [0.3, 0.4) is 0 Å². The van der Waals surface area contributed by atoms with Crippen LogP contribution in [0, 0.1) is 0 Å². The topological polar surface area (TPSA) is 106 Å². The van der Waals surface area contributed by atoms with E-state index in [4.69, 9.17) is 19.0 Å². The van der Waals surface area contributed by atoms with E-state index < -0.39 is 11.6 Å².